The number of rotatable bonds is 5. The Balaban J connectivity index is 1.94. The average molecular weight is 328 g/mol. The normalized spacial score (nSPS) is 16.7. The van der Waals surface area contributed by atoms with Gasteiger partial charge in [-0.25, -0.2) is 12.8 Å². The highest BCUT2D eigenvalue weighted by atomic mass is 32.2. The van der Waals surface area contributed by atoms with Gasteiger partial charge in [0.1, 0.15) is 5.82 Å². The van der Waals surface area contributed by atoms with Crippen LogP contribution in [0.3, 0.4) is 0 Å². The van der Waals surface area contributed by atoms with Gasteiger partial charge in [-0.15, -0.1) is 0 Å². The largest absolute Gasteiger partial charge is 0.336 e. The van der Waals surface area contributed by atoms with Gasteiger partial charge >= 0.3 is 0 Å². The Morgan fingerprint density at radius 3 is 2.27 bits per heavy atom. The highest BCUT2D eigenvalue weighted by Crippen LogP contribution is 2.13. The molecule has 1 fully saturated rings. The van der Waals surface area contributed by atoms with Crippen LogP contribution in [0.2, 0.25) is 0 Å². The molecule has 1 aliphatic heterocycles. The van der Waals surface area contributed by atoms with Crippen LogP contribution in [-0.2, 0) is 10.0 Å². The SMILES string of the molecule is CCCCS(=O)(=O)N1CCN(C(=O)c2ccc(F)cc2)CC1. The molecule has 0 saturated carbocycles. The molecule has 0 aliphatic carbocycles. The van der Waals surface area contributed by atoms with E-state index >= 15 is 0 Å². The highest BCUT2D eigenvalue weighted by molar-refractivity contribution is 7.89. The number of piperazine rings is 1. The second-order valence-corrected chi connectivity index (χ2v) is 7.46. The average Bonchev–Trinajstić information content (AvgIpc) is 2.53. The standard InChI is InChI=1S/C15H21FN2O3S/c1-2-3-12-22(20,21)18-10-8-17(9-11-18)15(19)13-4-6-14(16)7-5-13/h4-7H,2-3,8-12H2,1H3. The van der Waals surface area contributed by atoms with Crippen LogP contribution in [0.5, 0.6) is 0 Å². The Morgan fingerprint density at radius 1 is 1.14 bits per heavy atom. The lowest BCUT2D eigenvalue weighted by atomic mass is 10.2. The van der Waals surface area contributed by atoms with Crippen molar-refractivity contribution >= 4 is 15.9 Å². The molecule has 1 heterocycles. The summed E-state index contributed by atoms with van der Waals surface area (Å²) in [6.07, 6.45) is 1.49. The maximum absolute atomic E-state index is 12.9. The van der Waals surface area contributed by atoms with E-state index in [0.717, 1.165) is 6.42 Å². The number of carbonyl (C=O) groups excluding carboxylic acids is 1. The molecule has 0 spiro atoms. The van der Waals surface area contributed by atoms with E-state index in [1.165, 1.54) is 28.6 Å². The third-order valence-electron chi connectivity index (χ3n) is 3.77. The van der Waals surface area contributed by atoms with Crippen molar-refractivity contribution in [1.29, 1.82) is 0 Å². The second-order valence-electron chi connectivity index (χ2n) is 5.37. The van der Waals surface area contributed by atoms with E-state index in [4.69, 9.17) is 0 Å². The van der Waals surface area contributed by atoms with E-state index < -0.39 is 10.0 Å². The van der Waals surface area contributed by atoms with Gasteiger partial charge in [-0.1, -0.05) is 13.3 Å². The summed E-state index contributed by atoms with van der Waals surface area (Å²) in [5.74, 6) is -0.413. The summed E-state index contributed by atoms with van der Waals surface area (Å²) < 4.78 is 38.6. The molecular weight excluding hydrogens is 307 g/mol. The molecule has 1 saturated heterocycles. The molecule has 22 heavy (non-hydrogen) atoms. The van der Waals surface area contributed by atoms with Crippen molar-refractivity contribution in [2.24, 2.45) is 0 Å². The Bertz CT molecular complexity index is 608. The van der Waals surface area contributed by atoms with Crippen LogP contribution in [0.25, 0.3) is 0 Å². The lowest BCUT2D eigenvalue weighted by Crippen LogP contribution is -2.51. The van der Waals surface area contributed by atoms with Crippen LogP contribution >= 0.6 is 0 Å². The van der Waals surface area contributed by atoms with Crippen molar-refractivity contribution in [3.63, 3.8) is 0 Å². The summed E-state index contributed by atoms with van der Waals surface area (Å²) in [5, 5.41) is 0. The van der Waals surface area contributed by atoms with Crippen molar-refractivity contribution in [3.05, 3.63) is 35.6 Å². The molecule has 0 radical (unpaired) electrons. The van der Waals surface area contributed by atoms with E-state index in [1.54, 1.807) is 4.90 Å². The zero-order chi connectivity index (χ0) is 16.2. The minimum Gasteiger partial charge on any atom is -0.336 e. The lowest BCUT2D eigenvalue weighted by molar-refractivity contribution is 0.0698. The molecule has 7 heteroatoms. The fourth-order valence-electron chi connectivity index (χ4n) is 2.40. The fourth-order valence-corrected chi connectivity index (χ4v) is 4.03. The molecule has 0 N–H and O–H groups in total. The van der Waals surface area contributed by atoms with Gasteiger partial charge in [-0.2, -0.15) is 4.31 Å². The number of amides is 1. The van der Waals surface area contributed by atoms with Gasteiger partial charge in [-0.05, 0) is 30.7 Å². The third kappa shape index (κ3) is 4.04. The Kier molecular flexibility index (Phi) is 5.52. The maximum atomic E-state index is 12.9. The second kappa shape index (κ2) is 7.19. The van der Waals surface area contributed by atoms with Crippen molar-refractivity contribution in [3.8, 4) is 0 Å². The van der Waals surface area contributed by atoms with E-state index in [9.17, 15) is 17.6 Å². The molecule has 122 valence electrons. The molecule has 1 aromatic rings. The van der Waals surface area contributed by atoms with Crippen LogP contribution in [0.1, 0.15) is 30.1 Å². The molecule has 0 atom stereocenters. The number of hydrogen-bond donors (Lipinski definition) is 0. The number of sulfonamides is 1. The van der Waals surface area contributed by atoms with Gasteiger partial charge in [0.05, 0.1) is 5.75 Å². The van der Waals surface area contributed by atoms with Crippen molar-refractivity contribution < 1.29 is 17.6 Å². The minimum absolute atomic E-state index is 0.162. The zero-order valence-electron chi connectivity index (χ0n) is 12.7. The zero-order valence-corrected chi connectivity index (χ0v) is 13.5. The first-order chi connectivity index (χ1) is 10.4. The quantitative estimate of drug-likeness (QED) is 0.827. The van der Waals surface area contributed by atoms with E-state index in [-0.39, 0.29) is 17.5 Å². The summed E-state index contributed by atoms with van der Waals surface area (Å²) in [6.45, 7) is 3.32. The molecule has 0 unspecified atom stereocenters. The number of halogens is 1. The van der Waals surface area contributed by atoms with Gasteiger partial charge < -0.3 is 4.90 Å². The Hall–Kier alpha value is -1.47. The molecule has 1 aromatic carbocycles. The highest BCUT2D eigenvalue weighted by Gasteiger charge is 2.28. The summed E-state index contributed by atoms with van der Waals surface area (Å²) in [7, 11) is -3.22. The van der Waals surface area contributed by atoms with E-state index in [2.05, 4.69) is 0 Å². The predicted molar refractivity (Wildman–Crippen MR) is 82.6 cm³/mol. The number of hydrogen-bond acceptors (Lipinski definition) is 3. The predicted octanol–water partition coefficient (Wildman–Crippen LogP) is 1.71. The van der Waals surface area contributed by atoms with Gasteiger partial charge in [-0.3, -0.25) is 4.79 Å². The number of benzene rings is 1. The Morgan fingerprint density at radius 2 is 1.73 bits per heavy atom. The Labute approximate surface area is 130 Å². The summed E-state index contributed by atoms with van der Waals surface area (Å²) >= 11 is 0. The van der Waals surface area contributed by atoms with Crippen LogP contribution < -0.4 is 0 Å². The van der Waals surface area contributed by atoms with Gasteiger partial charge in [0.2, 0.25) is 10.0 Å². The topological polar surface area (TPSA) is 57.7 Å². The monoisotopic (exact) mass is 328 g/mol. The van der Waals surface area contributed by atoms with Crippen LogP contribution in [0.15, 0.2) is 24.3 Å². The van der Waals surface area contributed by atoms with Gasteiger partial charge in [0, 0.05) is 31.7 Å². The van der Waals surface area contributed by atoms with Crippen LogP contribution in [-0.4, -0.2) is 55.5 Å². The number of carbonyl (C=O) groups is 1. The lowest BCUT2D eigenvalue weighted by Gasteiger charge is -2.34. The van der Waals surface area contributed by atoms with Crippen LogP contribution in [0, 0.1) is 5.82 Å². The molecule has 0 bridgehead atoms. The molecular formula is C15H21FN2O3S. The van der Waals surface area contributed by atoms with E-state index in [0.29, 0.717) is 38.2 Å². The van der Waals surface area contributed by atoms with Crippen LogP contribution in [0.4, 0.5) is 4.39 Å². The first kappa shape index (κ1) is 16.9. The fraction of sp³-hybridized carbons (Fsp3) is 0.533. The first-order valence-corrected chi connectivity index (χ1v) is 9.07. The number of unbranched alkanes of at least 4 members (excludes halogenated alkanes) is 1. The summed E-state index contributed by atoms with van der Waals surface area (Å²) in [5.41, 5.74) is 0.420. The van der Waals surface area contributed by atoms with Crippen molar-refractivity contribution in [2.75, 3.05) is 31.9 Å². The minimum atomic E-state index is -3.22. The smallest absolute Gasteiger partial charge is 0.253 e. The maximum Gasteiger partial charge on any atom is 0.253 e. The summed E-state index contributed by atoms with van der Waals surface area (Å²) in [6, 6.07) is 5.39. The van der Waals surface area contributed by atoms with Gasteiger partial charge in [0.15, 0.2) is 0 Å². The molecule has 0 aromatic heterocycles. The van der Waals surface area contributed by atoms with E-state index in [1.807, 2.05) is 6.92 Å². The first-order valence-electron chi connectivity index (χ1n) is 7.46. The van der Waals surface area contributed by atoms with Crippen molar-refractivity contribution in [2.45, 2.75) is 19.8 Å². The molecule has 5 nitrogen and oxygen atoms in total. The van der Waals surface area contributed by atoms with Crippen molar-refractivity contribution in [1.82, 2.24) is 9.21 Å². The third-order valence-corrected chi connectivity index (χ3v) is 5.72. The van der Waals surface area contributed by atoms with Gasteiger partial charge in [0.25, 0.3) is 5.91 Å². The molecule has 1 amide bonds. The molecule has 1 aliphatic rings. The molecule has 2 rings (SSSR count). The summed E-state index contributed by atoms with van der Waals surface area (Å²) in [4.78, 5) is 13.9. The number of nitrogens with zero attached hydrogens (tertiary/aromatic N) is 2.